The number of methoxy groups -OCH3 is 1. The number of carbonyl (C=O) groups excluding carboxylic acids is 1. The molecule has 3 N–H and O–H groups in total. The first-order chi connectivity index (χ1) is 18.5. The van der Waals surface area contributed by atoms with Gasteiger partial charge in [0, 0.05) is 74.0 Å². The molecule has 2 fully saturated rings. The van der Waals surface area contributed by atoms with Gasteiger partial charge in [0.25, 0.3) is 0 Å². The van der Waals surface area contributed by atoms with Gasteiger partial charge in [0.15, 0.2) is 0 Å². The van der Waals surface area contributed by atoms with Crippen LogP contribution in [0.25, 0.3) is 16.9 Å². The van der Waals surface area contributed by atoms with E-state index in [1.54, 1.807) is 7.11 Å². The van der Waals surface area contributed by atoms with Crippen LogP contribution in [0.3, 0.4) is 0 Å². The van der Waals surface area contributed by atoms with E-state index in [0.29, 0.717) is 36.5 Å². The van der Waals surface area contributed by atoms with E-state index in [-0.39, 0.29) is 11.9 Å². The summed E-state index contributed by atoms with van der Waals surface area (Å²) in [6.07, 6.45) is 6.14. The van der Waals surface area contributed by atoms with Crippen molar-refractivity contribution in [2.75, 3.05) is 26.8 Å². The Kier molecular flexibility index (Phi) is 8.64. The maximum absolute atomic E-state index is 11.4. The summed E-state index contributed by atoms with van der Waals surface area (Å²) in [4.78, 5) is 16.1. The molecule has 2 aliphatic rings. The highest BCUT2D eigenvalue weighted by molar-refractivity contribution is 6.33. The summed E-state index contributed by atoms with van der Waals surface area (Å²) in [5.41, 5.74) is 6.01. The number of rotatable bonds is 11. The Labute approximate surface area is 229 Å². The van der Waals surface area contributed by atoms with Crippen LogP contribution in [0.2, 0.25) is 5.02 Å². The van der Waals surface area contributed by atoms with Crippen molar-refractivity contribution in [1.29, 1.82) is 0 Å². The Morgan fingerprint density at radius 3 is 2.76 bits per heavy atom. The van der Waals surface area contributed by atoms with Crippen molar-refractivity contribution in [3.63, 3.8) is 0 Å². The van der Waals surface area contributed by atoms with Crippen molar-refractivity contribution in [2.45, 2.75) is 57.8 Å². The Balaban J connectivity index is 1.26. The Morgan fingerprint density at radius 2 is 2.03 bits per heavy atom. The van der Waals surface area contributed by atoms with Gasteiger partial charge in [-0.1, -0.05) is 17.7 Å². The second kappa shape index (κ2) is 12.3. The number of hydrogen-bond acceptors (Lipinski definition) is 6. The van der Waals surface area contributed by atoms with Crippen LogP contribution in [0.1, 0.15) is 42.5 Å². The lowest BCUT2D eigenvalue weighted by molar-refractivity contribution is -0.119. The molecule has 2 atom stereocenters. The smallest absolute Gasteiger partial charge is 0.220 e. The number of carbonyl (C=O) groups is 1. The van der Waals surface area contributed by atoms with Gasteiger partial charge in [0.05, 0.1) is 23.9 Å². The van der Waals surface area contributed by atoms with Crippen molar-refractivity contribution < 1.29 is 14.3 Å². The van der Waals surface area contributed by atoms with E-state index in [1.807, 2.05) is 24.3 Å². The number of nitrogens with one attached hydrogen (secondary N) is 3. The molecule has 0 radical (unpaired) electrons. The predicted molar refractivity (Wildman–Crippen MR) is 149 cm³/mol. The zero-order valence-corrected chi connectivity index (χ0v) is 22.8. The summed E-state index contributed by atoms with van der Waals surface area (Å²) in [5, 5.41) is 10.6. The number of pyridine rings is 1. The maximum Gasteiger partial charge on any atom is 0.220 e. The highest BCUT2D eigenvalue weighted by Gasteiger charge is 2.20. The molecule has 9 heteroatoms. The van der Waals surface area contributed by atoms with Crippen LogP contribution in [-0.2, 0) is 22.6 Å². The lowest BCUT2D eigenvalue weighted by Crippen LogP contribution is -2.35. The monoisotopic (exact) mass is 537 g/mol. The standard InChI is InChI=1S/C29H36ClN5O3/c1-19-11-12-35(27(19)18-32-17-23-4-3-13-38-23)22-7-8-24(25(30)14-22)26-9-5-20(29(34-26)37-2)15-31-16-21-6-10-28(36)33-21/h5,7-9,11-12,14,21,23,31-32H,3-4,6,10,13,15-18H2,1-2H3,(H,33,36)/t21-,23-/m0/s1. The van der Waals surface area contributed by atoms with Gasteiger partial charge in [0.1, 0.15) is 0 Å². The van der Waals surface area contributed by atoms with Gasteiger partial charge in [-0.05, 0) is 62.1 Å². The number of aromatic nitrogens is 2. The van der Waals surface area contributed by atoms with Gasteiger partial charge >= 0.3 is 0 Å². The number of amides is 1. The summed E-state index contributed by atoms with van der Waals surface area (Å²) in [6, 6.07) is 12.4. The predicted octanol–water partition coefficient (Wildman–Crippen LogP) is 4.15. The van der Waals surface area contributed by atoms with E-state index in [0.717, 1.165) is 61.5 Å². The van der Waals surface area contributed by atoms with Gasteiger partial charge in [-0.15, -0.1) is 0 Å². The fraction of sp³-hybridized carbons (Fsp3) is 0.448. The van der Waals surface area contributed by atoms with Gasteiger partial charge in [0.2, 0.25) is 11.8 Å². The molecule has 0 spiro atoms. The first-order valence-electron chi connectivity index (χ1n) is 13.3. The summed E-state index contributed by atoms with van der Waals surface area (Å²) < 4.78 is 13.5. The third-order valence-corrected chi connectivity index (χ3v) is 7.65. The lowest BCUT2D eigenvalue weighted by atomic mass is 10.1. The van der Waals surface area contributed by atoms with E-state index in [2.05, 4.69) is 45.8 Å². The first kappa shape index (κ1) is 26.7. The zero-order chi connectivity index (χ0) is 26.5. The average molecular weight is 538 g/mol. The van der Waals surface area contributed by atoms with Crippen molar-refractivity contribution in [1.82, 2.24) is 25.5 Å². The van der Waals surface area contributed by atoms with Crippen LogP contribution in [0.4, 0.5) is 0 Å². The fourth-order valence-electron chi connectivity index (χ4n) is 5.19. The highest BCUT2D eigenvalue weighted by Crippen LogP contribution is 2.32. The number of halogens is 1. The van der Waals surface area contributed by atoms with Crippen molar-refractivity contribution in [2.24, 2.45) is 0 Å². The molecular formula is C29H36ClN5O3. The Bertz CT molecular complexity index is 1270. The summed E-state index contributed by atoms with van der Waals surface area (Å²) in [6.45, 7) is 5.95. The zero-order valence-electron chi connectivity index (χ0n) is 22.1. The molecule has 1 amide bonds. The molecule has 5 rings (SSSR count). The summed E-state index contributed by atoms with van der Waals surface area (Å²) in [7, 11) is 1.63. The fourth-order valence-corrected chi connectivity index (χ4v) is 5.46. The molecule has 0 bridgehead atoms. The summed E-state index contributed by atoms with van der Waals surface area (Å²) >= 11 is 6.79. The SMILES string of the molecule is COc1nc(-c2ccc(-n3ccc(C)c3CNC[C@@H]3CCCO3)cc2Cl)ccc1CNC[C@@H]1CCC(=O)N1. The molecule has 38 heavy (non-hydrogen) atoms. The molecule has 202 valence electrons. The number of benzene rings is 1. The minimum absolute atomic E-state index is 0.123. The molecule has 0 saturated carbocycles. The normalized spacial score (nSPS) is 19.2. The third-order valence-electron chi connectivity index (χ3n) is 7.34. The minimum atomic E-state index is 0.123. The highest BCUT2D eigenvalue weighted by atomic mass is 35.5. The van der Waals surface area contributed by atoms with Gasteiger partial charge in [-0.3, -0.25) is 4.79 Å². The van der Waals surface area contributed by atoms with Gasteiger partial charge in [-0.25, -0.2) is 4.98 Å². The van der Waals surface area contributed by atoms with Crippen LogP contribution in [0.15, 0.2) is 42.6 Å². The molecule has 0 unspecified atom stereocenters. The van der Waals surface area contributed by atoms with E-state index in [1.165, 1.54) is 11.3 Å². The Hall–Kier alpha value is -2.91. The Morgan fingerprint density at radius 1 is 1.16 bits per heavy atom. The van der Waals surface area contributed by atoms with Crippen molar-refractivity contribution in [3.8, 4) is 22.8 Å². The molecule has 2 aliphatic heterocycles. The molecule has 2 saturated heterocycles. The quantitative estimate of drug-likeness (QED) is 0.340. The molecule has 2 aromatic heterocycles. The number of nitrogens with zero attached hydrogens (tertiary/aromatic N) is 2. The van der Waals surface area contributed by atoms with Crippen LogP contribution in [0, 0.1) is 6.92 Å². The summed E-state index contributed by atoms with van der Waals surface area (Å²) in [5.74, 6) is 0.684. The lowest BCUT2D eigenvalue weighted by Gasteiger charge is -2.16. The van der Waals surface area contributed by atoms with E-state index in [9.17, 15) is 4.79 Å². The number of hydrogen-bond donors (Lipinski definition) is 3. The minimum Gasteiger partial charge on any atom is -0.481 e. The van der Waals surface area contributed by atoms with Crippen LogP contribution < -0.4 is 20.7 Å². The topological polar surface area (TPSA) is 89.4 Å². The van der Waals surface area contributed by atoms with E-state index >= 15 is 0 Å². The molecule has 3 aromatic rings. The second-order valence-electron chi connectivity index (χ2n) is 10.0. The second-order valence-corrected chi connectivity index (χ2v) is 10.5. The number of ether oxygens (including phenoxy) is 2. The van der Waals surface area contributed by atoms with Gasteiger partial charge in [-0.2, -0.15) is 0 Å². The first-order valence-corrected chi connectivity index (χ1v) is 13.7. The molecule has 8 nitrogen and oxygen atoms in total. The molecule has 0 aliphatic carbocycles. The average Bonchev–Trinajstić information content (AvgIpc) is 3.67. The maximum atomic E-state index is 11.4. The molecule has 4 heterocycles. The largest absolute Gasteiger partial charge is 0.481 e. The van der Waals surface area contributed by atoms with Crippen molar-refractivity contribution >= 4 is 17.5 Å². The third kappa shape index (κ3) is 6.21. The van der Waals surface area contributed by atoms with E-state index < -0.39 is 0 Å². The van der Waals surface area contributed by atoms with E-state index in [4.69, 9.17) is 26.1 Å². The molecular weight excluding hydrogens is 502 g/mol. The molecule has 1 aromatic carbocycles. The van der Waals surface area contributed by atoms with Crippen molar-refractivity contribution in [3.05, 3.63) is 64.4 Å². The van der Waals surface area contributed by atoms with Crippen LogP contribution in [-0.4, -0.2) is 54.4 Å². The van der Waals surface area contributed by atoms with Gasteiger partial charge < -0.3 is 30.0 Å². The van der Waals surface area contributed by atoms with Crippen LogP contribution >= 0.6 is 11.6 Å². The van der Waals surface area contributed by atoms with Crippen LogP contribution in [0.5, 0.6) is 5.88 Å². The number of aryl methyl sites for hydroxylation is 1.